The molecule has 0 bridgehead atoms. The minimum absolute atomic E-state index is 0.592. The lowest BCUT2D eigenvalue weighted by molar-refractivity contribution is -0.143. The summed E-state index contributed by atoms with van der Waals surface area (Å²) < 4.78 is 0.922. The fourth-order valence-electron chi connectivity index (χ4n) is 1.41. The number of amides is 2. The third kappa shape index (κ3) is 4.34. The summed E-state index contributed by atoms with van der Waals surface area (Å²) in [5.74, 6) is -1.16. The van der Waals surface area contributed by atoms with Crippen LogP contribution in [0.25, 0.3) is 0 Å². The first-order chi connectivity index (χ1) is 8.40. The average Bonchev–Trinajstić information content (AvgIpc) is 2.22. The molecule has 0 aliphatic rings. The van der Waals surface area contributed by atoms with Crippen LogP contribution in [0.3, 0.4) is 0 Å². The van der Waals surface area contributed by atoms with E-state index >= 15 is 0 Å². The van der Waals surface area contributed by atoms with E-state index in [0.29, 0.717) is 5.69 Å². The quantitative estimate of drug-likeness (QED) is 0.743. The molecule has 6 nitrogen and oxygen atoms in total. The molecule has 0 unspecified atom stereocenters. The van der Waals surface area contributed by atoms with Crippen LogP contribution in [0.1, 0.15) is 11.1 Å². The Hall–Kier alpha value is -1.60. The van der Waals surface area contributed by atoms with Gasteiger partial charge in [0, 0.05) is 10.2 Å². The molecule has 0 aliphatic heterocycles. The van der Waals surface area contributed by atoms with Crippen LogP contribution in [-0.2, 0) is 9.63 Å². The first-order valence-electron chi connectivity index (χ1n) is 5.07. The van der Waals surface area contributed by atoms with Crippen molar-refractivity contribution in [1.29, 1.82) is 0 Å². The van der Waals surface area contributed by atoms with E-state index in [1.807, 2.05) is 31.5 Å². The summed E-state index contributed by atoms with van der Waals surface area (Å²) in [6, 6.07) is 3.10. The Morgan fingerprint density at radius 1 is 1.33 bits per heavy atom. The van der Waals surface area contributed by atoms with Crippen molar-refractivity contribution in [3.63, 3.8) is 0 Å². The SMILES string of the molecule is Cc1cc(Br)cc(C)c1NC(=O)NOCC(=O)O. The van der Waals surface area contributed by atoms with Gasteiger partial charge in [-0.05, 0) is 37.1 Å². The predicted octanol–water partition coefficient (Wildman–Crippen LogP) is 2.20. The van der Waals surface area contributed by atoms with Gasteiger partial charge in [0.2, 0.25) is 0 Å². The van der Waals surface area contributed by atoms with Crippen LogP contribution in [0.15, 0.2) is 16.6 Å². The monoisotopic (exact) mass is 316 g/mol. The van der Waals surface area contributed by atoms with E-state index < -0.39 is 18.6 Å². The Morgan fingerprint density at radius 2 is 1.89 bits per heavy atom. The van der Waals surface area contributed by atoms with Gasteiger partial charge in [-0.25, -0.2) is 15.1 Å². The van der Waals surface area contributed by atoms with E-state index in [1.54, 1.807) is 0 Å². The van der Waals surface area contributed by atoms with Crippen LogP contribution in [0.2, 0.25) is 0 Å². The van der Waals surface area contributed by atoms with Crippen molar-refractivity contribution in [3.8, 4) is 0 Å². The predicted molar refractivity (Wildman–Crippen MR) is 69.4 cm³/mol. The van der Waals surface area contributed by atoms with Gasteiger partial charge in [-0.3, -0.25) is 4.84 Å². The molecular weight excluding hydrogens is 304 g/mol. The molecule has 0 saturated carbocycles. The molecule has 1 aromatic rings. The third-order valence-electron chi connectivity index (χ3n) is 2.10. The van der Waals surface area contributed by atoms with Crippen LogP contribution >= 0.6 is 15.9 Å². The number of hydrogen-bond acceptors (Lipinski definition) is 3. The standard InChI is InChI=1S/C11H13BrN2O4/c1-6-3-8(12)4-7(2)10(6)13-11(17)14-18-5-9(15)16/h3-4H,5H2,1-2H3,(H,15,16)(H2,13,14,17). The minimum Gasteiger partial charge on any atom is -0.479 e. The number of nitrogens with one attached hydrogen (secondary N) is 2. The molecule has 18 heavy (non-hydrogen) atoms. The molecular formula is C11H13BrN2O4. The van der Waals surface area contributed by atoms with Gasteiger partial charge in [0.25, 0.3) is 0 Å². The van der Waals surface area contributed by atoms with Crippen molar-refractivity contribution in [3.05, 3.63) is 27.7 Å². The van der Waals surface area contributed by atoms with Crippen molar-refractivity contribution in [1.82, 2.24) is 5.48 Å². The van der Waals surface area contributed by atoms with E-state index in [2.05, 4.69) is 26.1 Å². The lowest BCUT2D eigenvalue weighted by Crippen LogP contribution is -2.31. The van der Waals surface area contributed by atoms with Gasteiger partial charge >= 0.3 is 12.0 Å². The van der Waals surface area contributed by atoms with Crippen LogP contribution < -0.4 is 10.8 Å². The van der Waals surface area contributed by atoms with Crippen LogP contribution in [0.5, 0.6) is 0 Å². The van der Waals surface area contributed by atoms with Crippen LogP contribution in [0, 0.1) is 13.8 Å². The Kier molecular flexibility index (Phi) is 5.11. The summed E-state index contributed by atoms with van der Waals surface area (Å²) in [6.07, 6.45) is 0. The highest BCUT2D eigenvalue weighted by molar-refractivity contribution is 9.10. The van der Waals surface area contributed by atoms with Crippen molar-refractivity contribution in [2.75, 3.05) is 11.9 Å². The molecule has 98 valence electrons. The highest BCUT2D eigenvalue weighted by Crippen LogP contribution is 2.24. The number of anilines is 1. The number of carbonyl (C=O) groups excluding carboxylic acids is 1. The summed E-state index contributed by atoms with van der Waals surface area (Å²) in [5, 5.41) is 10.9. The highest BCUT2D eigenvalue weighted by atomic mass is 79.9. The zero-order valence-electron chi connectivity index (χ0n) is 9.91. The number of urea groups is 1. The Labute approximate surface area is 112 Å². The highest BCUT2D eigenvalue weighted by Gasteiger charge is 2.08. The molecule has 0 aromatic heterocycles. The smallest absolute Gasteiger partial charge is 0.343 e. The molecule has 0 saturated heterocycles. The molecule has 1 aromatic carbocycles. The number of aliphatic carboxylic acids is 1. The number of carboxylic acids is 1. The summed E-state index contributed by atoms with van der Waals surface area (Å²) in [4.78, 5) is 26.1. The molecule has 0 fully saturated rings. The first-order valence-corrected chi connectivity index (χ1v) is 5.86. The zero-order chi connectivity index (χ0) is 13.7. The lowest BCUT2D eigenvalue weighted by Gasteiger charge is -2.12. The van der Waals surface area contributed by atoms with E-state index in [9.17, 15) is 9.59 Å². The normalized spacial score (nSPS) is 9.94. The fourth-order valence-corrected chi connectivity index (χ4v) is 2.10. The number of halogens is 1. The Bertz CT molecular complexity index is 453. The number of hydroxylamine groups is 1. The summed E-state index contributed by atoms with van der Waals surface area (Å²) >= 11 is 3.35. The van der Waals surface area contributed by atoms with Gasteiger partial charge in [-0.1, -0.05) is 15.9 Å². The van der Waals surface area contributed by atoms with E-state index in [0.717, 1.165) is 15.6 Å². The van der Waals surface area contributed by atoms with Gasteiger partial charge < -0.3 is 10.4 Å². The molecule has 0 heterocycles. The second kappa shape index (κ2) is 6.36. The molecule has 3 N–H and O–H groups in total. The molecule has 7 heteroatoms. The largest absolute Gasteiger partial charge is 0.479 e. The van der Waals surface area contributed by atoms with Gasteiger partial charge in [-0.2, -0.15) is 0 Å². The summed E-state index contributed by atoms with van der Waals surface area (Å²) in [7, 11) is 0. The third-order valence-corrected chi connectivity index (χ3v) is 2.55. The van der Waals surface area contributed by atoms with Gasteiger partial charge in [-0.15, -0.1) is 0 Å². The van der Waals surface area contributed by atoms with Gasteiger partial charge in [0.15, 0.2) is 6.61 Å². The molecule has 2 amide bonds. The number of carbonyl (C=O) groups is 2. The molecule has 0 spiro atoms. The maximum absolute atomic E-state index is 11.4. The van der Waals surface area contributed by atoms with Crippen molar-refractivity contribution in [2.24, 2.45) is 0 Å². The first kappa shape index (κ1) is 14.5. The van der Waals surface area contributed by atoms with Gasteiger partial charge in [0.1, 0.15) is 0 Å². The Balaban J connectivity index is 2.62. The maximum atomic E-state index is 11.4. The molecule has 0 aliphatic carbocycles. The Morgan fingerprint density at radius 3 is 2.39 bits per heavy atom. The topological polar surface area (TPSA) is 87.7 Å². The number of aryl methyl sites for hydroxylation is 2. The van der Waals surface area contributed by atoms with E-state index in [4.69, 9.17) is 5.11 Å². The maximum Gasteiger partial charge on any atom is 0.343 e. The number of hydrogen-bond donors (Lipinski definition) is 3. The lowest BCUT2D eigenvalue weighted by atomic mass is 10.1. The summed E-state index contributed by atoms with van der Waals surface area (Å²) in [6.45, 7) is 3.11. The molecule has 0 radical (unpaired) electrons. The number of rotatable bonds is 4. The van der Waals surface area contributed by atoms with E-state index in [-0.39, 0.29) is 0 Å². The number of carboxylic acid groups (broad SMARTS) is 1. The second-order valence-electron chi connectivity index (χ2n) is 3.65. The average molecular weight is 317 g/mol. The van der Waals surface area contributed by atoms with Crippen LogP contribution in [0.4, 0.5) is 10.5 Å². The van der Waals surface area contributed by atoms with Crippen molar-refractivity contribution < 1.29 is 19.5 Å². The number of benzene rings is 1. The second-order valence-corrected chi connectivity index (χ2v) is 4.57. The minimum atomic E-state index is -1.16. The molecule has 0 atom stereocenters. The van der Waals surface area contributed by atoms with Gasteiger partial charge in [0.05, 0.1) is 0 Å². The fraction of sp³-hybridized carbons (Fsp3) is 0.273. The molecule has 1 rings (SSSR count). The van der Waals surface area contributed by atoms with Crippen LogP contribution in [-0.4, -0.2) is 23.7 Å². The summed E-state index contributed by atoms with van der Waals surface area (Å²) in [5.41, 5.74) is 4.42. The van der Waals surface area contributed by atoms with Crippen molar-refractivity contribution >= 4 is 33.6 Å². The van der Waals surface area contributed by atoms with E-state index in [1.165, 1.54) is 0 Å². The zero-order valence-corrected chi connectivity index (χ0v) is 11.5. The van der Waals surface area contributed by atoms with Crippen molar-refractivity contribution in [2.45, 2.75) is 13.8 Å².